The van der Waals surface area contributed by atoms with Crippen LogP contribution >= 0.6 is 0 Å². The second kappa shape index (κ2) is 2.44. The van der Waals surface area contributed by atoms with Crippen LogP contribution < -0.4 is 0 Å². The summed E-state index contributed by atoms with van der Waals surface area (Å²) in [6.07, 6.45) is 6.76. The first kappa shape index (κ1) is 7.30. The van der Waals surface area contributed by atoms with Gasteiger partial charge in [0.2, 0.25) is 0 Å². The number of carbonyl (C=O) groups is 1. The van der Waals surface area contributed by atoms with Gasteiger partial charge in [-0.15, -0.1) is 0 Å². The number of aromatic nitrogens is 2. The zero-order valence-electron chi connectivity index (χ0n) is 7.49. The van der Waals surface area contributed by atoms with Crippen molar-refractivity contribution >= 4 is 6.29 Å². The zero-order valence-corrected chi connectivity index (χ0v) is 7.49. The molecule has 3 nitrogen and oxygen atoms in total. The first-order chi connectivity index (χ1) is 6.40. The summed E-state index contributed by atoms with van der Waals surface area (Å²) in [6, 6.07) is 0.612. The molecule has 68 valence electrons. The molecule has 0 saturated heterocycles. The van der Waals surface area contributed by atoms with E-state index in [1.165, 1.54) is 30.5 Å². The molecule has 1 saturated carbocycles. The summed E-state index contributed by atoms with van der Waals surface area (Å²) in [6.45, 7) is 0. The van der Waals surface area contributed by atoms with Crippen LogP contribution in [-0.2, 0) is 12.8 Å². The lowest BCUT2D eigenvalue weighted by atomic mass is 10.2. The van der Waals surface area contributed by atoms with Crippen molar-refractivity contribution in [2.24, 2.45) is 0 Å². The lowest BCUT2D eigenvalue weighted by molar-refractivity contribution is 0.111. The highest BCUT2D eigenvalue weighted by molar-refractivity contribution is 5.75. The van der Waals surface area contributed by atoms with Crippen LogP contribution in [0.2, 0.25) is 0 Å². The molecule has 0 amide bonds. The molecule has 3 rings (SSSR count). The Morgan fingerprint density at radius 3 is 2.92 bits per heavy atom. The smallest absolute Gasteiger partial charge is 0.170 e. The van der Waals surface area contributed by atoms with Crippen molar-refractivity contribution < 1.29 is 4.79 Å². The van der Waals surface area contributed by atoms with E-state index in [4.69, 9.17) is 0 Å². The van der Waals surface area contributed by atoms with E-state index in [0.717, 1.165) is 19.1 Å². The average Bonchev–Trinajstić information content (AvgIpc) is 2.77. The summed E-state index contributed by atoms with van der Waals surface area (Å²) in [7, 11) is 0. The summed E-state index contributed by atoms with van der Waals surface area (Å²) in [5.74, 6) is 0. The molecule has 0 spiro atoms. The monoisotopic (exact) mass is 176 g/mol. The molecule has 1 aromatic rings. The molecule has 1 aromatic heterocycles. The van der Waals surface area contributed by atoms with Gasteiger partial charge in [0.1, 0.15) is 5.69 Å². The van der Waals surface area contributed by atoms with E-state index in [9.17, 15) is 4.79 Å². The number of hydrogen-bond donors (Lipinski definition) is 0. The highest BCUT2D eigenvalue weighted by atomic mass is 16.1. The first-order valence-electron chi connectivity index (χ1n) is 4.95. The molecule has 0 atom stereocenters. The summed E-state index contributed by atoms with van der Waals surface area (Å²) in [5.41, 5.74) is 3.26. The van der Waals surface area contributed by atoms with Gasteiger partial charge in [-0.25, -0.2) is 0 Å². The molecular weight excluding hydrogens is 164 g/mol. The largest absolute Gasteiger partial charge is 0.296 e. The quantitative estimate of drug-likeness (QED) is 0.640. The Kier molecular flexibility index (Phi) is 1.37. The number of carbonyl (C=O) groups excluding carboxylic acids is 1. The van der Waals surface area contributed by atoms with Crippen LogP contribution in [0.1, 0.15) is 47.1 Å². The van der Waals surface area contributed by atoms with E-state index in [1.807, 2.05) is 0 Å². The van der Waals surface area contributed by atoms with Gasteiger partial charge in [0.25, 0.3) is 0 Å². The summed E-state index contributed by atoms with van der Waals surface area (Å²) >= 11 is 0. The predicted molar refractivity (Wildman–Crippen MR) is 47.9 cm³/mol. The van der Waals surface area contributed by atoms with Gasteiger partial charge < -0.3 is 0 Å². The van der Waals surface area contributed by atoms with Gasteiger partial charge >= 0.3 is 0 Å². The summed E-state index contributed by atoms with van der Waals surface area (Å²) in [5, 5.41) is 4.36. The molecule has 3 heteroatoms. The third-order valence-corrected chi connectivity index (χ3v) is 2.99. The Labute approximate surface area is 76.7 Å². The number of aldehydes is 1. The van der Waals surface area contributed by atoms with Gasteiger partial charge in [-0.1, -0.05) is 0 Å². The van der Waals surface area contributed by atoms with Crippen molar-refractivity contribution in [3.63, 3.8) is 0 Å². The average molecular weight is 176 g/mol. The molecule has 0 aliphatic heterocycles. The highest BCUT2D eigenvalue weighted by Crippen LogP contribution is 2.38. The van der Waals surface area contributed by atoms with Gasteiger partial charge in [-0.2, -0.15) is 5.10 Å². The van der Waals surface area contributed by atoms with Gasteiger partial charge in [0.15, 0.2) is 6.29 Å². The van der Waals surface area contributed by atoms with E-state index < -0.39 is 0 Å². The zero-order chi connectivity index (χ0) is 8.84. The second-order valence-corrected chi connectivity index (χ2v) is 3.96. The Bertz CT molecular complexity index is 363. The first-order valence-corrected chi connectivity index (χ1v) is 4.95. The maximum Gasteiger partial charge on any atom is 0.170 e. The SMILES string of the molecule is O=Cc1nn(C2CC2)c2c1CCC2. The number of rotatable bonds is 2. The molecule has 0 N–H and O–H groups in total. The van der Waals surface area contributed by atoms with Gasteiger partial charge in [0.05, 0.1) is 6.04 Å². The van der Waals surface area contributed by atoms with Gasteiger partial charge in [-0.3, -0.25) is 9.48 Å². The van der Waals surface area contributed by atoms with Crippen molar-refractivity contribution in [1.82, 2.24) is 9.78 Å². The van der Waals surface area contributed by atoms with Crippen LogP contribution in [0.3, 0.4) is 0 Å². The Morgan fingerprint density at radius 2 is 2.23 bits per heavy atom. The van der Waals surface area contributed by atoms with Crippen molar-refractivity contribution in [2.75, 3.05) is 0 Å². The molecule has 0 unspecified atom stereocenters. The minimum Gasteiger partial charge on any atom is -0.296 e. The third-order valence-electron chi connectivity index (χ3n) is 2.99. The standard InChI is InChI=1S/C10H12N2O/c13-6-9-8-2-1-3-10(8)12(11-9)7-4-5-7/h6-7H,1-5H2. The van der Waals surface area contributed by atoms with E-state index in [1.54, 1.807) is 0 Å². The molecule has 2 aliphatic rings. The van der Waals surface area contributed by atoms with Crippen molar-refractivity contribution in [2.45, 2.75) is 38.1 Å². The van der Waals surface area contributed by atoms with Crippen molar-refractivity contribution in [3.8, 4) is 0 Å². The topological polar surface area (TPSA) is 34.9 Å². The van der Waals surface area contributed by atoms with Crippen LogP contribution in [0, 0.1) is 0 Å². The molecule has 0 bridgehead atoms. The fourth-order valence-corrected chi connectivity index (χ4v) is 2.21. The summed E-state index contributed by atoms with van der Waals surface area (Å²) < 4.78 is 2.10. The van der Waals surface area contributed by atoms with Gasteiger partial charge in [0, 0.05) is 11.3 Å². The van der Waals surface area contributed by atoms with Crippen LogP contribution in [0.5, 0.6) is 0 Å². The van der Waals surface area contributed by atoms with Crippen LogP contribution in [0.25, 0.3) is 0 Å². The molecular formula is C10H12N2O. The molecule has 0 aromatic carbocycles. The fraction of sp³-hybridized carbons (Fsp3) is 0.600. The fourth-order valence-electron chi connectivity index (χ4n) is 2.21. The minimum absolute atomic E-state index is 0.612. The molecule has 0 radical (unpaired) electrons. The molecule has 13 heavy (non-hydrogen) atoms. The number of fused-ring (bicyclic) bond motifs is 1. The molecule has 2 aliphatic carbocycles. The van der Waals surface area contributed by atoms with Crippen LogP contribution in [-0.4, -0.2) is 16.1 Å². The van der Waals surface area contributed by atoms with Crippen molar-refractivity contribution in [3.05, 3.63) is 17.0 Å². The van der Waals surface area contributed by atoms with E-state index in [0.29, 0.717) is 11.7 Å². The molecule has 1 fully saturated rings. The van der Waals surface area contributed by atoms with Gasteiger partial charge in [-0.05, 0) is 32.1 Å². The summed E-state index contributed by atoms with van der Waals surface area (Å²) in [4.78, 5) is 10.7. The van der Waals surface area contributed by atoms with Crippen molar-refractivity contribution in [1.29, 1.82) is 0 Å². The Balaban J connectivity index is 2.14. The maximum absolute atomic E-state index is 10.7. The minimum atomic E-state index is 0.612. The third kappa shape index (κ3) is 0.961. The maximum atomic E-state index is 10.7. The Morgan fingerprint density at radius 1 is 1.38 bits per heavy atom. The second-order valence-electron chi connectivity index (χ2n) is 3.96. The highest BCUT2D eigenvalue weighted by Gasteiger charge is 2.31. The van der Waals surface area contributed by atoms with Crippen LogP contribution in [0.4, 0.5) is 0 Å². The lowest BCUT2D eigenvalue weighted by Gasteiger charge is -2.00. The number of nitrogens with zero attached hydrogens (tertiary/aromatic N) is 2. The van der Waals surface area contributed by atoms with E-state index in [-0.39, 0.29) is 0 Å². The predicted octanol–water partition coefficient (Wildman–Crippen LogP) is 1.52. The van der Waals surface area contributed by atoms with E-state index >= 15 is 0 Å². The Hall–Kier alpha value is -1.12. The lowest BCUT2D eigenvalue weighted by Crippen LogP contribution is -2.01. The van der Waals surface area contributed by atoms with E-state index in [2.05, 4.69) is 9.78 Å². The van der Waals surface area contributed by atoms with Crippen LogP contribution in [0.15, 0.2) is 0 Å². The normalized spacial score (nSPS) is 20.3. The number of hydrogen-bond acceptors (Lipinski definition) is 2. The molecule has 1 heterocycles.